The van der Waals surface area contributed by atoms with Crippen LogP contribution < -0.4 is 10.9 Å². The standard InChI is InChI=1S/C19H15F2N5O2.2H2/c1-9-12-3-14(20)15(21)5-16(12)26-19(28)13(9)4-18(27)25-10(2)17-8-23-11(6-22)7-24-17;;/h3,5,7-8,10H,4H2,1-2H3,(H,25,27)(H,26,28);2*1H/t10-;;/m0../s1. The first kappa shape index (κ1) is 19.1. The van der Waals surface area contributed by atoms with Crippen LogP contribution >= 0.6 is 0 Å². The topological polar surface area (TPSA) is 112 Å². The highest BCUT2D eigenvalue weighted by Gasteiger charge is 2.17. The monoisotopic (exact) mass is 387 g/mol. The third-order valence-corrected chi connectivity index (χ3v) is 4.38. The number of aryl methyl sites for hydroxylation is 1. The van der Waals surface area contributed by atoms with E-state index < -0.39 is 29.1 Å². The lowest BCUT2D eigenvalue weighted by Crippen LogP contribution is -2.31. The molecule has 0 radical (unpaired) electrons. The van der Waals surface area contributed by atoms with Crippen molar-refractivity contribution in [2.24, 2.45) is 0 Å². The molecule has 9 heteroatoms. The summed E-state index contributed by atoms with van der Waals surface area (Å²) in [4.78, 5) is 35.1. The van der Waals surface area contributed by atoms with E-state index in [2.05, 4.69) is 20.3 Å². The van der Waals surface area contributed by atoms with E-state index in [-0.39, 0.29) is 26.0 Å². The van der Waals surface area contributed by atoms with Gasteiger partial charge in [-0.15, -0.1) is 0 Å². The Morgan fingerprint density at radius 2 is 2.04 bits per heavy atom. The van der Waals surface area contributed by atoms with E-state index in [1.165, 1.54) is 12.4 Å². The van der Waals surface area contributed by atoms with Crippen LogP contribution in [0.2, 0.25) is 0 Å². The van der Waals surface area contributed by atoms with Crippen molar-refractivity contribution in [3.05, 3.63) is 69.0 Å². The van der Waals surface area contributed by atoms with Crippen LogP contribution in [-0.2, 0) is 11.2 Å². The number of aromatic amines is 1. The minimum Gasteiger partial charge on any atom is -0.348 e. The molecule has 28 heavy (non-hydrogen) atoms. The molecule has 0 unspecified atom stereocenters. The Hall–Kier alpha value is -3.67. The Morgan fingerprint density at radius 1 is 1.32 bits per heavy atom. The van der Waals surface area contributed by atoms with Crippen molar-refractivity contribution in [1.82, 2.24) is 20.3 Å². The number of carbonyl (C=O) groups excluding carboxylic acids is 1. The van der Waals surface area contributed by atoms with Crippen LogP contribution in [0.15, 0.2) is 29.3 Å². The maximum atomic E-state index is 13.6. The van der Waals surface area contributed by atoms with E-state index in [0.29, 0.717) is 16.6 Å². The average molecular weight is 387 g/mol. The zero-order chi connectivity index (χ0) is 20.4. The number of benzene rings is 1. The van der Waals surface area contributed by atoms with Crippen molar-refractivity contribution in [3.63, 3.8) is 0 Å². The number of rotatable bonds is 4. The van der Waals surface area contributed by atoms with E-state index in [1.54, 1.807) is 13.8 Å². The molecule has 3 rings (SSSR count). The fraction of sp³-hybridized carbons (Fsp3) is 0.211. The maximum absolute atomic E-state index is 13.6. The molecular formula is C19H19F2N5O2. The zero-order valence-corrected chi connectivity index (χ0v) is 15.0. The largest absolute Gasteiger partial charge is 0.348 e. The molecule has 3 aromatic rings. The molecule has 1 aromatic carbocycles. The van der Waals surface area contributed by atoms with Crippen LogP contribution in [0.4, 0.5) is 8.78 Å². The third-order valence-electron chi connectivity index (χ3n) is 4.38. The first-order valence-corrected chi connectivity index (χ1v) is 8.32. The second-order valence-corrected chi connectivity index (χ2v) is 6.27. The minimum atomic E-state index is -1.06. The van der Waals surface area contributed by atoms with Gasteiger partial charge in [0.25, 0.3) is 5.56 Å². The molecule has 2 aromatic heterocycles. The van der Waals surface area contributed by atoms with Crippen molar-refractivity contribution in [1.29, 1.82) is 5.26 Å². The molecule has 0 aliphatic rings. The van der Waals surface area contributed by atoms with E-state index in [1.807, 2.05) is 6.07 Å². The highest BCUT2D eigenvalue weighted by molar-refractivity contribution is 5.86. The lowest BCUT2D eigenvalue weighted by molar-refractivity contribution is -0.121. The molecule has 0 saturated heterocycles. The number of hydrogen-bond donors (Lipinski definition) is 2. The highest BCUT2D eigenvalue weighted by Crippen LogP contribution is 2.21. The fourth-order valence-electron chi connectivity index (χ4n) is 2.85. The number of halogens is 2. The fourth-order valence-corrected chi connectivity index (χ4v) is 2.85. The zero-order valence-electron chi connectivity index (χ0n) is 15.0. The highest BCUT2D eigenvalue weighted by atomic mass is 19.2. The molecular weight excluding hydrogens is 368 g/mol. The molecule has 0 aliphatic heterocycles. The Balaban J connectivity index is 0.00000225. The normalized spacial score (nSPS) is 11.8. The Morgan fingerprint density at radius 3 is 2.68 bits per heavy atom. The second kappa shape index (κ2) is 7.52. The number of hydrogen-bond acceptors (Lipinski definition) is 5. The summed E-state index contributed by atoms with van der Waals surface area (Å²) in [5, 5.41) is 11.8. The summed E-state index contributed by atoms with van der Waals surface area (Å²) in [6.45, 7) is 3.26. The van der Waals surface area contributed by atoms with Gasteiger partial charge in [-0.1, -0.05) is 0 Å². The van der Waals surface area contributed by atoms with Crippen molar-refractivity contribution in [2.45, 2.75) is 26.3 Å². The van der Waals surface area contributed by atoms with Gasteiger partial charge in [0.05, 0.1) is 36.1 Å². The van der Waals surface area contributed by atoms with E-state index >= 15 is 0 Å². The second-order valence-electron chi connectivity index (χ2n) is 6.27. The number of fused-ring (bicyclic) bond motifs is 1. The summed E-state index contributed by atoms with van der Waals surface area (Å²) in [5.74, 6) is -2.55. The number of nitrogens with one attached hydrogen (secondary N) is 2. The number of H-pyrrole nitrogens is 1. The quantitative estimate of drug-likeness (QED) is 0.715. The lowest BCUT2D eigenvalue weighted by atomic mass is 10.0. The van der Waals surface area contributed by atoms with E-state index in [0.717, 1.165) is 12.1 Å². The molecule has 1 amide bonds. The number of nitriles is 1. The van der Waals surface area contributed by atoms with Gasteiger partial charge in [-0.3, -0.25) is 14.6 Å². The van der Waals surface area contributed by atoms with Gasteiger partial charge in [0, 0.05) is 19.9 Å². The summed E-state index contributed by atoms with van der Waals surface area (Å²) in [6.07, 6.45) is 2.43. The molecule has 7 nitrogen and oxygen atoms in total. The number of amides is 1. The van der Waals surface area contributed by atoms with Gasteiger partial charge in [0.15, 0.2) is 17.3 Å². The van der Waals surface area contributed by atoms with Crippen LogP contribution in [-0.4, -0.2) is 20.9 Å². The Kier molecular flexibility index (Phi) is 5.13. The van der Waals surface area contributed by atoms with Gasteiger partial charge in [-0.05, 0) is 25.5 Å². The van der Waals surface area contributed by atoms with Gasteiger partial charge in [-0.25, -0.2) is 13.8 Å². The Labute approximate surface area is 161 Å². The van der Waals surface area contributed by atoms with Crippen LogP contribution in [0.1, 0.15) is 38.3 Å². The summed E-state index contributed by atoms with van der Waals surface area (Å²) in [5.41, 5.74) is 0.787. The Bertz CT molecular complexity index is 1180. The van der Waals surface area contributed by atoms with E-state index in [4.69, 9.17) is 5.26 Å². The van der Waals surface area contributed by atoms with Crippen LogP contribution in [0, 0.1) is 29.9 Å². The van der Waals surface area contributed by atoms with Crippen LogP contribution in [0.3, 0.4) is 0 Å². The predicted molar refractivity (Wildman–Crippen MR) is 100 cm³/mol. The predicted octanol–water partition coefficient (Wildman–Crippen LogP) is 2.69. The summed E-state index contributed by atoms with van der Waals surface area (Å²) >= 11 is 0. The molecule has 0 aliphatic carbocycles. The number of carbonyl (C=O) groups is 1. The van der Waals surface area contributed by atoms with Crippen molar-refractivity contribution in [3.8, 4) is 6.07 Å². The van der Waals surface area contributed by atoms with Crippen molar-refractivity contribution < 1.29 is 16.4 Å². The molecule has 0 spiro atoms. The minimum absolute atomic E-state index is 0. The van der Waals surface area contributed by atoms with Crippen molar-refractivity contribution in [2.75, 3.05) is 0 Å². The van der Waals surface area contributed by atoms with Gasteiger partial charge in [0.2, 0.25) is 5.91 Å². The molecule has 0 saturated carbocycles. The summed E-state index contributed by atoms with van der Waals surface area (Å²) < 4.78 is 26.9. The molecule has 146 valence electrons. The molecule has 0 fully saturated rings. The molecule has 2 heterocycles. The average Bonchev–Trinajstić information content (AvgIpc) is 2.67. The van der Waals surface area contributed by atoms with Gasteiger partial charge in [0.1, 0.15) is 6.07 Å². The number of pyridine rings is 1. The van der Waals surface area contributed by atoms with Gasteiger partial charge < -0.3 is 10.3 Å². The number of nitrogens with zero attached hydrogens (tertiary/aromatic N) is 3. The molecule has 2 N–H and O–H groups in total. The summed E-state index contributed by atoms with van der Waals surface area (Å²) in [7, 11) is 0. The smallest absolute Gasteiger partial charge is 0.252 e. The molecule has 0 bridgehead atoms. The van der Waals surface area contributed by atoms with Gasteiger partial charge >= 0.3 is 0 Å². The van der Waals surface area contributed by atoms with Crippen molar-refractivity contribution >= 4 is 16.8 Å². The SMILES string of the molecule is Cc1c(CC(=O)N[C@@H](C)c2cnc(C#N)cn2)c(=O)[nH]c2cc(F)c(F)cc12.[HH].[HH]. The first-order valence-electron chi connectivity index (χ1n) is 8.32. The lowest BCUT2D eigenvalue weighted by Gasteiger charge is -2.14. The van der Waals surface area contributed by atoms with Crippen LogP contribution in [0.25, 0.3) is 10.9 Å². The van der Waals surface area contributed by atoms with Crippen LogP contribution in [0.5, 0.6) is 0 Å². The molecule has 1 atom stereocenters. The first-order chi connectivity index (χ1) is 13.3. The van der Waals surface area contributed by atoms with Gasteiger partial charge in [-0.2, -0.15) is 5.26 Å². The maximum Gasteiger partial charge on any atom is 0.252 e. The third kappa shape index (κ3) is 3.71. The number of aromatic nitrogens is 3. The van der Waals surface area contributed by atoms with E-state index in [9.17, 15) is 18.4 Å². The summed E-state index contributed by atoms with van der Waals surface area (Å²) in [6, 6.07) is 3.25.